The van der Waals surface area contributed by atoms with Gasteiger partial charge >= 0.3 is 6.16 Å². The molecule has 6 nitrogen and oxygen atoms in total. The van der Waals surface area contributed by atoms with Crippen LogP contribution in [0.25, 0.3) is 0 Å². The van der Waals surface area contributed by atoms with Crippen LogP contribution in [0.15, 0.2) is 58.3 Å². The Morgan fingerprint density at radius 3 is 1.75 bits per heavy atom. The number of benzene rings is 2. The Bertz CT molecular complexity index is 792. The zero-order valence-electron chi connectivity index (χ0n) is 13.6. The molecule has 0 aliphatic rings. The van der Waals surface area contributed by atoms with Gasteiger partial charge in [-0.05, 0) is 62.4 Å². The number of rotatable bonds is 5. The van der Waals surface area contributed by atoms with Gasteiger partial charge in [-0.1, -0.05) is 0 Å². The first-order chi connectivity index (χ1) is 11.3. The molecule has 0 saturated carbocycles. The average molecular weight is 350 g/mol. The maximum atomic E-state index is 12.6. The van der Waals surface area contributed by atoms with Crippen molar-refractivity contribution >= 4 is 16.0 Å². The predicted octanol–water partition coefficient (Wildman–Crippen LogP) is 3.45. The van der Waals surface area contributed by atoms with Crippen LogP contribution >= 0.6 is 0 Å². The second-order valence-corrected chi connectivity index (χ2v) is 7.12. The lowest BCUT2D eigenvalue weighted by molar-refractivity contribution is 0.121. The Morgan fingerprint density at radius 2 is 1.33 bits per heavy atom. The highest BCUT2D eigenvalue weighted by Crippen LogP contribution is 2.25. The SMILES string of the molecule is COC(=O)Oc1ccc(S(=O)(=O)c2ccc(OC(C)C)cc2)cc1. The van der Waals surface area contributed by atoms with Crippen LogP contribution in [0.1, 0.15) is 13.8 Å². The topological polar surface area (TPSA) is 78.9 Å². The molecule has 0 aliphatic heterocycles. The third-order valence-corrected chi connectivity index (χ3v) is 4.79. The fraction of sp³-hybridized carbons (Fsp3) is 0.235. The monoisotopic (exact) mass is 350 g/mol. The molecular formula is C17H18O6S. The van der Waals surface area contributed by atoms with Gasteiger partial charge in [-0.25, -0.2) is 13.2 Å². The third kappa shape index (κ3) is 4.26. The Hall–Kier alpha value is -2.54. The number of ether oxygens (including phenoxy) is 3. The quantitative estimate of drug-likeness (QED) is 0.607. The lowest BCUT2D eigenvalue weighted by Crippen LogP contribution is -2.08. The standard InChI is InChI=1S/C17H18O6S/c1-12(2)22-13-4-8-15(9-5-13)24(19,20)16-10-6-14(7-11-16)23-17(18)21-3/h4-12H,1-3H3. The molecule has 0 spiro atoms. The van der Waals surface area contributed by atoms with Crippen molar-refractivity contribution in [2.75, 3.05) is 7.11 Å². The van der Waals surface area contributed by atoms with Gasteiger partial charge in [0.1, 0.15) is 11.5 Å². The first kappa shape index (κ1) is 17.8. The van der Waals surface area contributed by atoms with Crippen molar-refractivity contribution in [2.45, 2.75) is 29.7 Å². The smallest absolute Gasteiger partial charge is 0.491 e. The molecule has 0 bridgehead atoms. The highest BCUT2D eigenvalue weighted by atomic mass is 32.2. The minimum Gasteiger partial charge on any atom is -0.491 e. The molecule has 0 aliphatic carbocycles. The van der Waals surface area contributed by atoms with Crippen molar-refractivity contribution < 1.29 is 27.4 Å². The molecule has 2 rings (SSSR count). The molecule has 0 amide bonds. The zero-order chi connectivity index (χ0) is 17.7. The van der Waals surface area contributed by atoms with Crippen LogP contribution in [0.5, 0.6) is 11.5 Å². The number of carbonyl (C=O) groups excluding carboxylic acids is 1. The van der Waals surface area contributed by atoms with E-state index in [0.29, 0.717) is 5.75 Å². The van der Waals surface area contributed by atoms with Crippen molar-refractivity contribution in [2.24, 2.45) is 0 Å². The van der Waals surface area contributed by atoms with Gasteiger partial charge in [-0.3, -0.25) is 0 Å². The van der Waals surface area contributed by atoms with Gasteiger partial charge in [0.25, 0.3) is 0 Å². The summed E-state index contributed by atoms with van der Waals surface area (Å²) in [4.78, 5) is 11.3. The number of carbonyl (C=O) groups is 1. The van der Waals surface area contributed by atoms with Crippen LogP contribution in [0.2, 0.25) is 0 Å². The molecule has 0 aromatic heterocycles. The summed E-state index contributed by atoms with van der Waals surface area (Å²) in [6.07, 6.45) is -0.860. The van der Waals surface area contributed by atoms with Gasteiger partial charge in [0.05, 0.1) is 23.0 Å². The lowest BCUT2D eigenvalue weighted by atomic mass is 10.3. The summed E-state index contributed by atoms with van der Waals surface area (Å²) in [7, 11) is -2.47. The third-order valence-electron chi connectivity index (χ3n) is 3.01. The largest absolute Gasteiger partial charge is 0.513 e. The van der Waals surface area contributed by atoms with Crippen LogP contribution in [0.3, 0.4) is 0 Å². The fourth-order valence-corrected chi connectivity index (χ4v) is 3.19. The summed E-state index contributed by atoms with van der Waals surface area (Å²) in [5, 5.41) is 0. The predicted molar refractivity (Wildman–Crippen MR) is 87.1 cm³/mol. The van der Waals surface area contributed by atoms with Crippen LogP contribution in [0.4, 0.5) is 4.79 Å². The van der Waals surface area contributed by atoms with E-state index in [9.17, 15) is 13.2 Å². The van der Waals surface area contributed by atoms with E-state index in [2.05, 4.69) is 4.74 Å². The number of hydrogen-bond acceptors (Lipinski definition) is 6. The van der Waals surface area contributed by atoms with Gasteiger partial charge in [-0.2, -0.15) is 0 Å². The highest BCUT2D eigenvalue weighted by molar-refractivity contribution is 7.91. The van der Waals surface area contributed by atoms with Gasteiger partial charge in [0.15, 0.2) is 0 Å². The lowest BCUT2D eigenvalue weighted by Gasteiger charge is -2.10. The van der Waals surface area contributed by atoms with Crippen molar-refractivity contribution in [1.82, 2.24) is 0 Å². The van der Waals surface area contributed by atoms with E-state index in [1.807, 2.05) is 13.8 Å². The maximum Gasteiger partial charge on any atom is 0.513 e. The number of hydrogen-bond donors (Lipinski definition) is 0. The van der Waals surface area contributed by atoms with E-state index in [-0.39, 0.29) is 21.6 Å². The number of sulfone groups is 1. The molecule has 7 heteroatoms. The molecule has 0 fully saturated rings. The molecule has 0 heterocycles. The van der Waals surface area contributed by atoms with Crippen LogP contribution < -0.4 is 9.47 Å². The number of methoxy groups -OCH3 is 1. The van der Waals surface area contributed by atoms with Crippen molar-refractivity contribution in [3.8, 4) is 11.5 Å². The second-order valence-electron chi connectivity index (χ2n) is 5.17. The molecule has 0 radical (unpaired) electrons. The van der Waals surface area contributed by atoms with Gasteiger partial charge < -0.3 is 14.2 Å². The minimum atomic E-state index is -3.66. The molecule has 24 heavy (non-hydrogen) atoms. The molecule has 2 aromatic carbocycles. The molecule has 0 atom stereocenters. The van der Waals surface area contributed by atoms with E-state index in [0.717, 1.165) is 0 Å². The fourth-order valence-electron chi connectivity index (χ4n) is 1.93. The van der Waals surface area contributed by atoms with Crippen molar-refractivity contribution in [3.63, 3.8) is 0 Å². The van der Waals surface area contributed by atoms with E-state index < -0.39 is 16.0 Å². The van der Waals surface area contributed by atoms with E-state index >= 15 is 0 Å². The summed E-state index contributed by atoms with van der Waals surface area (Å²) >= 11 is 0. The normalized spacial score (nSPS) is 11.2. The molecule has 0 unspecified atom stereocenters. The molecule has 2 aromatic rings. The summed E-state index contributed by atoms with van der Waals surface area (Å²) < 4.78 is 39.8. The second kappa shape index (κ2) is 7.35. The van der Waals surface area contributed by atoms with Crippen molar-refractivity contribution in [3.05, 3.63) is 48.5 Å². The Balaban J connectivity index is 2.22. The summed E-state index contributed by atoms with van der Waals surface area (Å²) in [5.41, 5.74) is 0. The first-order valence-electron chi connectivity index (χ1n) is 7.20. The van der Waals surface area contributed by atoms with Crippen LogP contribution in [-0.2, 0) is 14.6 Å². The van der Waals surface area contributed by atoms with E-state index in [1.165, 1.54) is 43.5 Å². The highest BCUT2D eigenvalue weighted by Gasteiger charge is 2.18. The Morgan fingerprint density at radius 1 is 0.875 bits per heavy atom. The zero-order valence-corrected chi connectivity index (χ0v) is 14.4. The molecule has 0 saturated heterocycles. The van der Waals surface area contributed by atoms with Gasteiger partial charge in [0.2, 0.25) is 9.84 Å². The Kier molecular flexibility index (Phi) is 5.46. The minimum absolute atomic E-state index is 0.00909. The molecule has 0 N–H and O–H groups in total. The molecular weight excluding hydrogens is 332 g/mol. The Labute approximate surface area is 140 Å². The summed E-state index contributed by atoms with van der Waals surface area (Å²) in [6, 6.07) is 11.7. The van der Waals surface area contributed by atoms with Gasteiger partial charge in [-0.15, -0.1) is 0 Å². The van der Waals surface area contributed by atoms with E-state index in [1.54, 1.807) is 12.1 Å². The average Bonchev–Trinajstić information content (AvgIpc) is 2.55. The van der Waals surface area contributed by atoms with E-state index in [4.69, 9.17) is 9.47 Å². The first-order valence-corrected chi connectivity index (χ1v) is 8.69. The van der Waals surface area contributed by atoms with Crippen LogP contribution in [0, 0.1) is 0 Å². The van der Waals surface area contributed by atoms with Crippen LogP contribution in [-0.4, -0.2) is 27.8 Å². The van der Waals surface area contributed by atoms with Crippen molar-refractivity contribution in [1.29, 1.82) is 0 Å². The maximum absolute atomic E-state index is 12.6. The summed E-state index contributed by atoms with van der Waals surface area (Å²) in [6.45, 7) is 3.78. The molecule has 128 valence electrons. The summed E-state index contributed by atoms with van der Waals surface area (Å²) in [5.74, 6) is 0.798. The van der Waals surface area contributed by atoms with Gasteiger partial charge in [0, 0.05) is 0 Å².